The summed E-state index contributed by atoms with van der Waals surface area (Å²) in [5.41, 5.74) is 6.06. The van der Waals surface area contributed by atoms with E-state index in [0.29, 0.717) is 5.41 Å². The predicted octanol–water partition coefficient (Wildman–Crippen LogP) is 1.74. The molecule has 88 valence electrons. The first-order valence-corrected chi connectivity index (χ1v) is 6.80. The molecule has 0 amide bonds. The molecule has 0 atom stereocenters. The quantitative estimate of drug-likeness (QED) is 0.584. The van der Waals surface area contributed by atoms with Gasteiger partial charge in [-0.05, 0) is 37.5 Å². The van der Waals surface area contributed by atoms with Crippen LogP contribution in [0.2, 0.25) is 0 Å². The van der Waals surface area contributed by atoms with E-state index in [4.69, 9.17) is 5.73 Å². The van der Waals surface area contributed by atoms with Crippen molar-refractivity contribution in [3.05, 3.63) is 12.4 Å². The van der Waals surface area contributed by atoms with Gasteiger partial charge in [0.1, 0.15) is 17.2 Å². The van der Waals surface area contributed by atoms with Gasteiger partial charge in [0.15, 0.2) is 0 Å². The van der Waals surface area contributed by atoms with E-state index in [1.54, 1.807) is 18.1 Å². The highest BCUT2D eigenvalue weighted by atomic mass is 32.2. The van der Waals surface area contributed by atoms with E-state index in [9.17, 15) is 0 Å². The van der Waals surface area contributed by atoms with Gasteiger partial charge in [-0.3, -0.25) is 0 Å². The number of thioether (sulfide) groups is 1. The van der Waals surface area contributed by atoms with Crippen LogP contribution >= 0.6 is 11.8 Å². The van der Waals surface area contributed by atoms with Crippen molar-refractivity contribution in [1.82, 2.24) is 9.97 Å². The zero-order chi connectivity index (χ0) is 11.4. The van der Waals surface area contributed by atoms with Crippen molar-refractivity contribution in [1.29, 1.82) is 0 Å². The molecule has 1 fully saturated rings. The number of anilines is 1. The lowest BCUT2D eigenvalue weighted by atomic mass is 10.0. The van der Waals surface area contributed by atoms with Crippen molar-refractivity contribution < 1.29 is 0 Å². The molecule has 0 bridgehead atoms. The first-order chi connectivity index (χ1) is 7.78. The van der Waals surface area contributed by atoms with E-state index in [0.717, 1.165) is 30.4 Å². The zero-order valence-corrected chi connectivity index (χ0v) is 10.4. The fourth-order valence-corrected chi connectivity index (χ4v) is 2.21. The lowest BCUT2D eigenvalue weighted by Gasteiger charge is -2.15. The van der Waals surface area contributed by atoms with Crippen molar-refractivity contribution in [2.24, 2.45) is 11.1 Å². The van der Waals surface area contributed by atoms with Crippen molar-refractivity contribution in [2.45, 2.75) is 24.3 Å². The monoisotopic (exact) mass is 238 g/mol. The number of nitrogens with zero attached hydrogens (tertiary/aromatic N) is 2. The van der Waals surface area contributed by atoms with Crippen LogP contribution in [0.5, 0.6) is 0 Å². The van der Waals surface area contributed by atoms with E-state index in [2.05, 4.69) is 15.3 Å². The Morgan fingerprint density at radius 3 is 2.94 bits per heavy atom. The van der Waals surface area contributed by atoms with Crippen LogP contribution in [0.4, 0.5) is 5.82 Å². The summed E-state index contributed by atoms with van der Waals surface area (Å²) in [5, 5.41) is 4.39. The molecule has 2 rings (SSSR count). The molecule has 0 aliphatic heterocycles. The summed E-state index contributed by atoms with van der Waals surface area (Å²) < 4.78 is 0. The highest BCUT2D eigenvalue weighted by Gasteiger charge is 2.41. The van der Waals surface area contributed by atoms with Gasteiger partial charge >= 0.3 is 0 Å². The van der Waals surface area contributed by atoms with E-state index >= 15 is 0 Å². The molecule has 1 heterocycles. The summed E-state index contributed by atoms with van der Waals surface area (Å²) in [6, 6.07) is 1.99. The van der Waals surface area contributed by atoms with E-state index in [-0.39, 0.29) is 0 Å². The molecule has 3 N–H and O–H groups in total. The SMILES string of the molecule is CSc1cc(NCC2(CCN)CC2)ncn1. The Kier molecular flexibility index (Phi) is 3.66. The van der Waals surface area contributed by atoms with Crippen LogP contribution in [0.1, 0.15) is 19.3 Å². The van der Waals surface area contributed by atoms with Gasteiger partial charge in [0.2, 0.25) is 0 Å². The van der Waals surface area contributed by atoms with Crippen LogP contribution in [-0.2, 0) is 0 Å². The minimum atomic E-state index is 0.444. The Morgan fingerprint density at radius 1 is 1.50 bits per heavy atom. The molecule has 4 nitrogen and oxygen atoms in total. The summed E-state index contributed by atoms with van der Waals surface area (Å²) in [6.07, 6.45) is 7.31. The second kappa shape index (κ2) is 5.01. The van der Waals surface area contributed by atoms with Crippen molar-refractivity contribution >= 4 is 17.6 Å². The molecular weight excluding hydrogens is 220 g/mol. The normalized spacial score (nSPS) is 17.1. The zero-order valence-electron chi connectivity index (χ0n) is 9.57. The van der Waals surface area contributed by atoms with Crippen LogP contribution in [0.3, 0.4) is 0 Å². The molecule has 1 aromatic rings. The summed E-state index contributed by atoms with van der Waals surface area (Å²) in [6.45, 7) is 1.76. The molecule has 5 heteroatoms. The largest absolute Gasteiger partial charge is 0.369 e. The minimum Gasteiger partial charge on any atom is -0.369 e. The Balaban J connectivity index is 1.89. The first kappa shape index (κ1) is 11.7. The van der Waals surface area contributed by atoms with Gasteiger partial charge < -0.3 is 11.1 Å². The average Bonchev–Trinajstić information content (AvgIpc) is 3.08. The number of nitrogens with two attached hydrogens (primary N) is 1. The van der Waals surface area contributed by atoms with Gasteiger partial charge in [-0.2, -0.15) is 0 Å². The molecule has 1 aliphatic carbocycles. The maximum atomic E-state index is 5.61. The molecule has 0 saturated heterocycles. The van der Waals surface area contributed by atoms with E-state index in [1.807, 2.05) is 12.3 Å². The van der Waals surface area contributed by atoms with Gasteiger partial charge in [0.05, 0.1) is 0 Å². The number of nitrogens with one attached hydrogen (secondary N) is 1. The summed E-state index contributed by atoms with van der Waals surface area (Å²) in [7, 11) is 0. The maximum absolute atomic E-state index is 5.61. The molecule has 0 radical (unpaired) electrons. The van der Waals surface area contributed by atoms with Crippen LogP contribution in [0, 0.1) is 5.41 Å². The van der Waals surface area contributed by atoms with Crippen LogP contribution in [0.15, 0.2) is 17.4 Å². The third-order valence-electron chi connectivity index (χ3n) is 3.13. The van der Waals surface area contributed by atoms with Crippen LogP contribution in [0.25, 0.3) is 0 Å². The maximum Gasteiger partial charge on any atom is 0.130 e. The van der Waals surface area contributed by atoms with Crippen molar-refractivity contribution in [2.75, 3.05) is 24.7 Å². The van der Waals surface area contributed by atoms with Gasteiger partial charge in [0.25, 0.3) is 0 Å². The molecule has 0 unspecified atom stereocenters. The average molecular weight is 238 g/mol. The Labute approximate surface area is 100 Å². The van der Waals surface area contributed by atoms with Gasteiger partial charge in [-0.25, -0.2) is 9.97 Å². The summed E-state index contributed by atoms with van der Waals surface area (Å²) in [4.78, 5) is 8.36. The number of aromatic nitrogens is 2. The Bertz CT molecular complexity index is 352. The standard InChI is InChI=1S/C11H18N4S/c1-16-10-6-9(14-8-15-10)13-7-11(2-3-11)4-5-12/h6,8H,2-5,7,12H2,1H3,(H,13,14,15). The molecule has 16 heavy (non-hydrogen) atoms. The smallest absolute Gasteiger partial charge is 0.130 e. The lowest BCUT2D eigenvalue weighted by Crippen LogP contribution is -2.19. The molecular formula is C11H18N4S. The summed E-state index contributed by atoms with van der Waals surface area (Å²) >= 11 is 1.63. The summed E-state index contributed by atoms with van der Waals surface area (Å²) in [5.74, 6) is 0.919. The van der Waals surface area contributed by atoms with Crippen molar-refractivity contribution in [3.8, 4) is 0 Å². The van der Waals surface area contributed by atoms with Crippen molar-refractivity contribution in [3.63, 3.8) is 0 Å². The van der Waals surface area contributed by atoms with E-state index in [1.165, 1.54) is 12.8 Å². The molecule has 1 aromatic heterocycles. The number of hydrogen-bond donors (Lipinski definition) is 2. The molecule has 1 saturated carbocycles. The topological polar surface area (TPSA) is 63.8 Å². The van der Waals surface area contributed by atoms with Gasteiger partial charge in [0, 0.05) is 12.6 Å². The number of rotatable bonds is 6. The van der Waals surface area contributed by atoms with Crippen LogP contribution in [-0.4, -0.2) is 29.3 Å². The predicted molar refractivity (Wildman–Crippen MR) is 67.6 cm³/mol. The minimum absolute atomic E-state index is 0.444. The lowest BCUT2D eigenvalue weighted by molar-refractivity contribution is 0.500. The molecule has 0 spiro atoms. The highest BCUT2D eigenvalue weighted by molar-refractivity contribution is 7.98. The second-order valence-electron chi connectivity index (χ2n) is 4.34. The second-order valence-corrected chi connectivity index (χ2v) is 5.16. The molecule has 1 aliphatic rings. The van der Waals surface area contributed by atoms with Gasteiger partial charge in [-0.1, -0.05) is 0 Å². The first-order valence-electron chi connectivity index (χ1n) is 5.58. The van der Waals surface area contributed by atoms with Gasteiger partial charge in [-0.15, -0.1) is 11.8 Å². The number of hydrogen-bond acceptors (Lipinski definition) is 5. The highest BCUT2D eigenvalue weighted by Crippen LogP contribution is 2.48. The Morgan fingerprint density at radius 2 is 2.31 bits per heavy atom. The van der Waals surface area contributed by atoms with Crippen LogP contribution < -0.4 is 11.1 Å². The molecule has 0 aromatic carbocycles. The fraction of sp³-hybridized carbons (Fsp3) is 0.636. The fourth-order valence-electron chi connectivity index (χ4n) is 1.82. The third-order valence-corrected chi connectivity index (χ3v) is 3.77. The van der Waals surface area contributed by atoms with E-state index < -0.39 is 0 Å². The Hall–Kier alpha value is -0.810. The third kappa shape index (κ3) is 2.86.